The molecule has 29 heavy (non-hydrogen) atoms. The van der Waals surface area contributed by atoms with Crippen molar-refractivity contribution in [3.05, 3.63) is 65.7 Å². The fourth-order valence-corrected chi connectivity index (χ4v) is 2.53. The van der Waals surface area contributed by atoms with Crippen LogP contribution in [0.15, 0.2) is 54.6 Å². The van der Waals surface area contributed by atoms with Gasteiger partial charge in [0.25, 0.3) is 0 Å². The van der Waals surface area contributed by atoms with Gasteiger partial charge in [-0.05, 0) is 48.9 Å². The number of ether oxygens (including phenoxy) is 1. The Bertz CT molecular complexity index is 688. The third-order valence-electron chi connectivity index (χ3n) is 4.11. The quantitative estimate of drug-likeness (QED) is 0.322. The number of aryl methyl sites for hydroxylation is 1. The second-order valence-corrected chi connectivity index (χ2v) is 6.78. The van der Waals surface area contributed by atoms with E-state index in [-0.39, 0.29) is 5.91 Å². The number of carbonyl (C=O) groups excluding carboxylic acids is 2. The van der Waals surface area contributed by atoms with Crippen LogP contribution in [-0.2, 0) is 22.6 Å². The number of carbonyl (C=O) groups is 2. The van der Waals surface area contributed by atoms with E-state index in [0.29, 0.717) is 26.0 Å². The second kappa shape index (κ2) is 15.2. The molecule has 6 heteroatoms. The normalized spacial score (nSPS) is 10.2. The summed E-state index contributed by atoms with van der Waals surface area (Å²) in [6.45, 7) is 1.28. The van der Waals surface area contributed by atoms with E-state index in [0.717, 1.165) is 37.7 Å². The van der Waals surface area contributed by atoms with Gasteiger partial charge in [0.1, 0.15) is 18.6 Å². The molecule has 0 fully saturated rings. The Morgan fingerprint density at radius 3 is 2.31 bits per heavy atom. The monoisotopic (exact) mass is 400 g/mol. The molecule has 158 valence electrons. The van der Waals surface area contributed by atoms with Gasteiger partial charge in [-0.15, -0.1) is 0 Å². The summed E-state index contributed by atoms with van der Waals surface area (Å²) in [4.78, 5) is 19.8. The Balaban J connectivity index is 0.000000396. The van der Waals surface area contributed by atoms with Crippen molar-refractivity contribution in [2.24, 2.45) is 5.73 Å². The largest absolute Gasteiger partial charge is 0.489 e. The summed E-state index contributed by atoms with van der Waals surface area (Å²) in [6, 6.07) is 18.3. The van der Waals surface area contributed by atoms with Crippen LogP contribution < -0.4 is 10.5 Å². The highest BCUT2D eigenvalue weighted by Gasteiger charge is 1.98. The highest BCUT2D eigenvalue weighted by atomic mass is 16.5. The van der Waals surface area contributed by atoms with E-state index < -0.39 is 0 Å². The predicted molar refractivity (Wildman–Crippen MR) is 114 cm³/mol. The van der Waals surface area contributed by atoms with Crippen LogP contribution in [0.5, 0.6) is 5.75 Å². The first kappa shape index (κ1) is 24.3. The second-order valence-electron chi connectivity index (χ2n) is 6.78. The molecule has 6 nitrogen and oxygen atoms in total. The first-order chi connectivity index (χ1) is 14.0. The predicted octanol–water partition coefficient (Wildman–Crippen LogP) is 3.75. The molecule has 2 rings (SSSR count). The minimum atomic E-state index is -0.291. The van der Waals surface area contributed by atoms with Crippen LogP contribution in [0.2, 0.25) is 0 Å². The molecule has 0 aliphatic rings. The van der Waals surface area contributed by atoms with E-state index in [1.54, 1.807) is 7.05 Å². The summed E-state index contributed by atoms with van der Waals surface area (Å²) in [5, 5.41) is 10.3. The van der Waals surface area contributed by atoms with Crippen LogP contribution in [0, 0.1) is 0 Å². The Morgan fingerprint density at radius 2 is 1.72 bits per heavy atom. The highest BCUT2D eigenvalue weighted by Crippen LogP contribution is 2.15. The number of nitrogens with zero attached hydrogens (tertiary/aromatic N) is 1. The zero-order chi connectivity index (χ0) is 21.3. The summed E-state index contributed by atoms with van der Waals surface area (Å²) >= 11 is 0. The molecule has 0 radical (unpaired) electrons. The van der Waals surface area contributed by atoms with E-state index in [1.807, 2.05) is 30.3 Å². The average molecular weight is 401 g/mol. The molecule has 1 amide bonds. The van der Waals surface area contributed by atoms with Gasteiger partial charge in [0.15, 0.2) is 0 Å². The fraction of sp³-hybridized carbons (Fsp3) is 0.391. The van der Waals surface area contributed by atoms with Gasteiger partial charge in [-0.25, -0.2) is 0 Å². The van der Waals surface area contributed by atoms with E-state index in [2.05, 4.69) is 24.3 Å². The van der Waals surface area contributed by atoms with Gasteiger partial charge in [0, 0.05) is 26.4 Å². The van der Waals surface area contributed by atoms with Gasteiger partial charge in [0.05, 0.1) is 0 Å². The molecule has 2 aromatic rings. The van der Waals surface area contributed by atoms with E-state index >= 15 is 0 Å². The molecular formula is C23H32N2O4. The van der Waals surface area contributed by atoms with Crippen molar-refractivity contribution >= 4 is 12.2 Å². The van der Waals surface area contributed by atoms with Gasteiger partial charge in [-0.1, -0.05) is 42.5 Å². The van der Waals surface area contributed by atoms with Gasteiger partial charge in [-0.2, -0.15) is 5.06 Å². The number of primary amides is 1. The Kier molecular flexibility index (Phi) is 12.8. The maximum Gasteiger partial charge on any atom is 0.217 e. The lowest BCUT2D eigenvalue weighted by Gasteiger charge is -2.09. The van der Waals surface area contributed by atoms with Crippen LogP contribution in [0.1, 0.15) is 43.2 Å². The number of hydroxylamine groups is 2. The summed E-state index contributed by atoms with van der Waals surface area (Å²) < 4.78 is 5.74. The van der Waals surface area contributed by atoms with Crippen molar-refractivity contribution in [1.82, 2.24) is 5.06 Å². The number of amides is 1. The van der Waals surface area contributed by atoms with E-state index in [4.69, 9.17) is 15.7 Å². The first-order valence-corrected chi connectivity index (χ1v) is 9.89. The number of nitrogens with two attached hydrogens (primary N) is 1. The van der Waals surface area contributed by atoms with Crippen LogP contribution in [0.25, 0.3) is 0 Å². The Hall–Kier alpha value is -2.70. The van der Waals surface area contributed by atoms with Gasteiger partial charge in [-0.3, -0.25) is 4.79 Å². The van der Waals surface area contributed by atoms with Crippen molar-refractivity contribution in [2.45, 2.75) is 45.1 Å². The summed E-state index contributed by atoms with van der Waals surface area (Å²) in [7, 11) is 1.67. The zero-order valence-electron chi connectivity index (χ0n) is 17.1. The lowest BCUT2D eigenvalue weighted by molar-refractivity contribution is -0.118. The standard InChI is InChI=1S/C17H21NO2.C6H11NO2/c1-18(19)13-5-8-15-9-11-17(12-10-15)20-14-16-6-3-2-4-7-16;7-6(9)4-2-1-3-5-8/h2-4,6-7,9-12,19H,5,8,13-14H2,1H3;5H,1-4H2,(H2,7,9). The lowest BCUT2D eigenvalue weighted by Crippen LogP contribution is -2.14. The molecule has 0 saturated carbocycles. The summed E-state index contributed by atoms with van der Waals surface area (Å²) in [5.41, 5.74) is 7.28. The van der Waals surface area contributed by atoms with Crippen LogP contribution in [-0.4, -0.2) is 36.1 Å². The minimum absolute atomic E-state index is 0.291. The van der Waals surface area contributed by atoms with Crippen molar-refractivity contribution in [1.29, 1.82) is 0 Å². The SMILES string of the molecule is CN(O)CCCc1ccc(OCc2ccccc2)cc1.NC(=O)CCCCC=O. The number of hydrogen-bond donors (Lipinski definition) is 2. The molecule has 0 aliphatic carbocycles. The lowest BCUT2D eigenvalue weighted by atomic mass is 10.1. The van der Waals surface area contributed by atoms with Crippen molar-refractivity contribution < 1.29 is 19.5 Å². The molecule has 0 aromatic heterocycles. The molecule has 2 aromatic carbocycles. The number of hydrogen-bond acceptors (Lipinski definition) is 5. The molecule has 3 N–H and O–H groups in total. The minimum Gasteiger partial charge on any atom is -0.489 e. The van der Waals surface area contributed by atoms with Crippen molar-refractivity contribution in [3.8, 4) is 5.75 Å². The van der Waals surface area contributed by atoms with Gasteiger partial charge in [0.2, 0.25) is 5.91 Å². The van der Waals surface area contributed by atoms with Gasteiger partial charge < -0.3 is 20.5 Å². The topological polar surface area (TPSA) is 92.9 Å². The van der Waals surface area contributed by atoms with Crippen molar-refractivity contribution in [3.63, 3.8) is 0 Å². The molecular weight excluding hydrogens is 368 g/mol. The number of benzene rings is 2. The maximum atomic E-state index is 10.1. The third-order valence-corrected chi connectivity index (χ3v) is 4.11. The summed E-state index contributed by atoms with van der Waals surface area (Å²) in [6.07, 6.45) is 5.18. The summed E-state index contributed by atoms with van der Waals surface area (Å²) in [5.74, 6) is 0.595. The zero-order valence-corrected chi connectivity index (χ0v) is 17.1. The first-order valence-electron chi connectivity index (χ1n) is 9.89. The molecule has 0 bridgehead atoms. The molecule has 0 atom stereocenters. The molecule has 0 saturated heterocycles. The van der Waals surface area contributed by atoms with Crippen LogP contribution in [0.3, 0.4) is 0 Å². The van der Waals surface area contributed by atoms with Crippen molar-refractivity contribution in [2.75, 3.05) is 13.6 Å². The molecule has 0 aliphatic heterocycles. The Labute approximate surface area is 173 Å². The van der Waals surface area contributed by atoms with E-state index in [1.165, 1.54) is 16.2 Å². The Morgan fingerprint density at radius 1 is 1.03 bits per heavy atom. The van der Waals surface area contributed by atoms with E-state index in [9.17, 15) is 9.59 Å². The number of unbranched alkanes of at least 4 members (excludes halogenated alkanes) is 2. The highest BCUT2D eigenvalue weighted by molar-refractivity contribution is 5.73. The third kappa shape index (κ3) is 13.2. The van der Waals surface area contributed by atoms with Gasteiger partial charge >= 0.3 is 0 Å². The number of aldehydes is 1. The molecule has 0 heterocycles. The molecule has 0 unspecified atom stereocenters. The number of rotatable bonds is 12. The maximum absolute atomic E-state index is 10.1. The molecule has 0 spiro atoms. The fourth-order valence-electron chi connectivity index (χ4n) is 2.53. The van der Waals surface area contributed by atoms with Crippen LogP contribution in [0.4, 0.5) is 0 Å². The van der Waals surface area contributed by atoms with Crippen LogP contribution >= 0.6 is 0 Å². The average Bonchev–Trinajstić information content (AvgIpc) is 2.71. The smallest absolute Gasteiger partial charge is 0.217 e.